The summed E-state index contributed by atoms with van der Waals surface area (Å²) in [5, 5.41) is 6.63. The SMILES string of the molecule is CC(C)NCC(C)NCCc1ccc(F)cc1F. The molecule has 18 heavy (non-hydrogen) atoms. The van der Waals surface area contributed by atoms with Crippen LogP contribution >= 0.6 is 0 Å². The van der Waals surface area contributed by atoms with Gasteiger partial charge >= 0.3 is 0 Å². The first kappa shape index (κ1) is 15.1. The van der Waals surface area contributed by atoms with Gasteiger partial charge in [-0.2, -0.15) is 0 Å². The molecule has 2 N–H and O–H groups in total. The highest BCUT2D eigenvalue weighted by Crippen LogP contribution is 2.09. The average Bonchev–Trinajstić information content (AvgIpc) is 2.29. The Bertz CT molecular complexity index is 367. The maximum Gasteiger partial charge on any atom is 0.129 e. The zero-order chi connectivity index (χ0) is 13.5. The summed E-state index contributed by atoms with van der Waals surface area (Å²) in [4.78, 5) is 0. The Hall–Kier alpha value is -1.00. The van der Waals surface area contributed by atoms with Crippen molar-refractivity contribution in [2.24, 2.45) is 0 Å². The van der Waals surface area contributed by atoms with Crippen molar-refractivity contribution in [2.75, 3.05) is 13.1 Å². The van der Waals surface area contributed by atoms with Gasteiger partial charge in [-0.05, 0) is 31.5 Å². The molecule has 2 nitrogen and oxygen atoms in total. The Labute approximate surface area is 108 Å². The fourth-order valence-corrected chi connectivity index (χ4v) is 1.66. The normalized spacial score (nSPS) is 13.0. The molecule has 1 unspecified atom stereocenters. The Balaban J connectivity index is 2.28. The monoisotopic (exact) mass is 256 g/mol. The molecule has 102 valence electrons. The lowest BCUT2D eigenvalue weighted by atomic mass is 10.1. The molecular formula is C14H22F2N2. The number of nitrogens with one attached hydrogen (secondary N) is 2. The number of rotatable bonds is 7. The summed E-state index contributed by atoms with van der Waals surface area (Å²) in [5.74, 6) is -0.997. The van der Waals surface area contributed by atoms with E-state index in [1.807, 2.05) is 0 Å². The molecule has 0 aromatic heterocycles. The largest absolute Gasteiger partial charge is 0.313 e. The van der Waals surface area contributed by atoms with Gasteiger partial charge in [0.15, 0.2) is 0 Å². The summed E-state index contributed by atoms with van der Waals surface area (Å²) in [6.07, 6.45) is 0.568. The molecule has 1 atom stereocenters. The molecule has 0 heterocycles. The Kier molecular flexibility index (Phi) is 6.22. The fraction of sp³-hybridized carbons (Fsp3) is 0.571. The van der Waals surface area contributed by atoms with Crippen molar-refractivity contribution in [1.82, 2.24) is 10.6 Å². The average molecular weight is 256 g/mol. The first-order valence-corrected chi connectivity index (χ1v) is 6.39. The second kappa shape index (κ2) is 7.44. The minimum absolute atomic E-state index is 0.330. The molecule has 0 radical (unpaired) electrons. The predicted molar refractivity (Wildman–Crippen MR) is 70.7 cm³/mol. The summed E-state index contributed by atoms with van der Waals surface area (Å²) < 4.78 is 26.1. The van der Waals surface area contributed by atoms with Gasteiger partial charge in [0.05, 0.1) is 0 Å². The molecule has 0 saturated carbocycles. The molecule has 0 fully saturated rings. The maximum absolute atomic E-state index is 13.3. The van der Waals surface area contributed by atoms with Crippen LogP contribution in [0.25, 0.3) is 0 Å². The third-order valence-corrected chi connectivity index (χ3v) is 2.73. The summed E-state index contributed by atoms with van der Waals surface area (Å²) in [6.45, 7) is 7.84. The van der Waals surface area contributed by atoms with E-state index in [1.165, 1.54) is 12.1 Å². The highest BCUT2D eigenvalue weighted by atomic mass is 19.1. The van der Waals surface area contributed by atoms with E-state index in [9.17, 15) is 8.78 Å². The van der Waals surface area contributed by atoms with Crippen LogP contribution in [0.2, 0.25) is 0 Å². The molecule has 0 bridgehead atoms. The van der Waals surface area contributed by atoms with Crippen molar-refractivity contribution in [3.05, 3.63) is 35.4 Å². The highest BCUT2D eigenvalue weighted by molar-refractivity contribution is 5.18. The summed E-state index contributed by atoms with van der Waals surface area (Å²) in [7, 11) is 0. The second-order valence-corrected chi connectivity index (χ2v) is 4.90. The van der Waals surface area contributed by atoms with E-state index in [1.54, 1.807) is 0 Å². The summed E-state index contributed by atoms with van der Waals surface area (Å²) in [5.41, 5.74) is 0.549. The third kappa shape index (κ3) is 5.56. The van der Waals surface area contributed by atoms with Crippen LogP contribution in [0.15, 0.2) is 18.2 Å². The van der Waals surface area contributed by atoms with Gasteiger partial charge in [0, 0.05) is 24.7 Å². The Morgan fingerprint density at radius 3 is 2.44 bits per heavy atom. The van der Waals surface area contributed by atoms with Gasteiger partial charge in [-0.25, -0.2) is 8.78 Å². The molecule has 0 amide bonds. The molecule has 1 rings (SSSR count). The zero-order valence-corrected chi connectivity index (χ0v) is 11.3. The van der Waals surface area contributed by atoms with E-state index >= 15 is 0 Å². The van der Waals surface area contributed by atoms with Crippen LogP contribution in [0.1, 0.15) is 26.3 Å². The summed E-state index contributed by atoms with van der Waals surface area (Å²) >= 11 is 0. The van der Waals surface area contributed by atoms with E-state index in [4.69, 9.17) is 0 Å². The number of halogens is 2. The minimum Gasteiger partial charge on any atom is -0.313 e. The molecular weight excluding hydrogens is 234 g/mol. The molecule has 1 aromatic rings. The number of benzene rings is 1. The molecule has 0 spiro atoms. The lowest BCUT2D eigenvalue weighted by Gasteiger charge is -2.16. The van der Waals surface area contributed by atoms with E-state index in [0.29, 0.717) is 30.6 Å². The highest BCUT2D eigenvalue weighted by Gasteiger charge is 2.05. The van der Waals surface area contributed by atoms with E-state index < -0.39 is 11.6 Å². The van der Waals surface area contributed by atoms with Crippen molar-refractivity contribution >= 4 is 0 Å². The van der Waals surface area contributed by atoms with Gasteiger partial charge < -0.3 is 10.6 Å². The van der Waals surface area contributed by atoms with Gasteiger partial charge in [-0.15, -0.1) is 0 Å². The quantitative estimate of drug-likeness (QED) is 0.783. The van der Waals surface area contributed by atoms with Crippen LogP contribution in [0, 0.1) is 11.6 Å². The van der Waals surface area contributed by atoms with E-state index in [2.05, 4.69) is 31.4 Å². The van der Waals surface area contributed by atoms with Crippen molar-refractivity contribution in [1.29, 1.82) is 0 Å². The molecule has 0 aliphatic rings. The van der Waals surface area contributed by atoms with Crippen molar-refractivity contribution in [3.8, 4) is 0 Å². The third-order valence-electron chi connectivity index (χ3n) is 2.73. The van der Waals surface area contributed by atoms with Crippen molar-refractivity contribution in [2.45, 2.75) is 39.3 Å². The smallest absolute Gasteiger partial charge is 0.129 e. The van der Waals surface area contributed by atoms with Crippen LogP contribution in [-0.4, -0.2) is 25.2 Å². The topological polar surface area (TPSA) is 24.1 Å². The van der Waals surface area contributed by atoms with Gasteiger partial charge in [-0.1, -0.05) is 19.9 Å². The Morgan fingerprint density at radius 1 is 1.11 bits per heavy atom. The zero-order valence-electron chi connectivity index (χ0n) is 11.3. The first-order valence-electron chi connectivity index (χ1n) is 6.39. The number of hydrogen-bond donors (Lipinski definition) is 2. The first-order chi connectivity index (χ1) is 8.49. The van der Waals surface area contributed by atoms with Crippen molar-refractivity contribution < 1.29 is 8.78 Å². The lowest BCUT2D eigenvalue weighted by molar-refractivity contribution is 0.474. The van der Waals surface area contributed by atoms with E-state index in [0.717, 1.165) is 12.6 Å². The molecule has 0 aliphatic carbocycles. The van der Waals surface area contributed by atoms with E-state index in [-0.39, 0.29) is 0 Å². The van der Waals surface area contributed by atoms with Crippen LogP contribution in [-0.2, 0) is 6.42 Å². The van der Waals surface area contributed by atoms with Crippen LogP contribution in [0.3, 0.4) is 0 Å². The molecule has 0 aliphatic heterocycles. The summed E-state index contributed by atoms with van der Waals surface area (Å²) in [6, 6.07) is 4.52. The van der Waals surface area contributed by atoms with Crippen LogP contribution in [0.5, 0.6) is 0 Å². The van der Waals surface area contributed by atoms with Gasteiger partial charge in [-0.3, -0.25) is 0 Å². The predicted octanol–water partition coefficient (Wildman–Crippen LogP) is 2.48. The lowest BCUT2D eigenvalue weighted by Crippen LogP contribution is -2.39. The standard InChI is InChI=1S/C14H22F2N2/c1-10(2)18-9-11(3)17-7-6-12-4-5-13(15)8-14(12)16/h4-5,8,10-11,17-18H,6-7,9H2,1-3H3. The van der Waals surface area contributed by atoms with Crippen LogP contribution in [0.4, 0.5) is 8.78 Å². The maximum atomic E-state index is 13.3. The van der Waals surface area contributed by atoms with Crippen molar-refractivity contribution in [3.63, 3.8) is 0 Å². The fourth-order valence-electron chi connectivity index (χ4n) is 1.66. The van der Waals surface area contributed by atoms with Gasteiger partial charge in [0.2, 0.25) is 0 Å². The van der Waals surface area contributed by atoms with Gasteiger partial charge in [0.25, 0.3) is 0 Å². The van der Waals surface area contributed by atoms with Gasteiger partial charge in [0.1, 0.15) is 11.6 Å². The molecule has 1 aromatic carbocycles. The molecule has 0 saturated heterocycles. The Morgan fingerprint density at radius 2 is 1.83 bits per heavy atom. The number of hydrogen-bond acceptors (Lipinski definition) is 2. The molecule has 4 heteroatoms. The minimum atomic E-state index is -0.529. The second-order valence-electron chi connectivity index (χ2n) is 4.90. The van der Waals surface area contributed by atoms with Crippen LogP contribution < -0.4 is 10.6 Å².